The summed E-state index contributed by atoms with van der Waals surface area (Å²) in [6.45, 7) is 17.7. The van der Waals surface area contributed by atoms with Crippen molar-refractivity contribution in [3.63, 3.8) is 0 Å². The van der Waals surface area contributed by atoms with Crippen LogP contribution in [0.25, 0.3) is 0 Å². The topological polar surface area (TPSA) is 211 Å². The van der Waals surface area contributed by atoms with Crippen molar-refractivity contribution in [1.29, 1.82) is 0 Å². The second-order valence-electron chi connectivity index (χ2n) is 18.6. The van der Waals surface area contributed by atoms with Crippen LogP contribution in [0.5, 0.6) is 0 Å². The Labute approximate surface area is 339 Å². The van der Waals surface area contributed by atoms with Crippen LogP contribution in [0.4, 0.5) is 0 Å². The summed E-state index contributed by atoms with van der Waals surface area (Å²) < 4.78 is 38.2. The smallest absolute Gasteiger partial charge is 0.309 e. The summed E-state index contributed by atoms with van der Waals surface area (Å²) >= 11 is 0. The van der Waals surface area contributed by atoms with Crippen LogP contribution in [-0.4, -0.2) is 154 Å². The third-order valence-electron chi connectivity index (χ3n) is 14.3. The summed E-state index contributed by atoms with van der Waals surface area (Å²) in [5.41, 5.74) is -4.31. The number of aliphatic carboxylic acids is 1. The number of likely N-dealkylation sites (N-methyl/N-ethyl adjacent to an activating group) is 1. The van der Waals surface area contributed by atoms with E-state index < -0.39 is 119 Å². The predicted molar refractivity (Wildman–Crippen MR) is 208 cm³/mol. The molecule has 4 rings (SSSR count). The molecule has 4 aliphatic rings. The van der Waals surface area contributed by atoms with Crippen LogP contribution in [0, 0.1) is 41.4 Å². The number of aliphatic hydroxyl groups is 4. The molecular weight excluding hydrogens is 742 g/mol. The lowest BCUT2D eigenvalue weighted by atomic mass is 9.67. The number of methoxy groups -OCH3 is 2. The highest BCUT2D eigenvalue weighted by Crippen LogP contribution is 2.46. The molecule has 3 heterocycles. The van der Waals surface area contributed by atoms with Crippen LogP contribution in [0.2, 0.25) is 0 Å². The molecule has 4 fully saturated rings. The molecule has 0 radical (unpaired) electrons. The molecule has 20 atom stereocenters. The predicted octanol–water partition coefficient (Wildman–Crippen LogP) is 2.80. The number of hydrogen-bond acceptors (Lipinski definition) is 14. The number of cyclic esters (lactones) is 1. The first-order chi connectivity index (χ1) is 26.4. The van der Waals surface area contributed by atoms with E-state index in [4.69, 9.17) is 28.4 Å². The van der Waals surface area contributed by atoms with Crippen molar-refractivity contribution < 1.29 is 68.3 Å². The third-order valence-corrected chi connectivity index (χ3v) is 14.3. The number of ether oxygens (including phenoxy) is 6. The van der Waals surface area contributed by atoms with E-state index in [1.807, 2.05) is 32.7 Å². The molecule has 0 spiro atoms. The first-order valence-electron chi connectivity index (χ1n) is 20.9. The van der Waals surface area contributed by atoms with Crippen molar-refractivity contribution >= 4 is 17.7 Å². The largest absolute Gasteiger partial charge is 0.481 e. The molecule has 5 N–H and O–H groups in total. The zero-order chi connectivity index (χ0) is 43.1. The average Bonchev–Trinajstić information content (AvgIpc) is 3.93. The number of aliphatic hydroxyl groups excluding tert-OH is 3. The zero-order valence-corrected chi connectivity index (χ0v) is 36.4. The Hall–Kier alpha value is -1.79. The number of nitrogens with zero attached hydrogens (tertiary/aromatic N) is 1. The highest BCUT2D eigenvalue weighted by atomic mass is 16.7. The van der Waals surface area contributed by atoms with Gasteiger partial charge in [0.25, 0.3) is 0 Å². The van der Waals surface area contributed by atoms with Crippen molar-refractivity contribution in [2.75, 3.05) is 27.8 Å². The fourth-order valence-corrected chi connectivity index (χ4v) is 10.3. The van der Waals surface area contributed by atoms with Crippen molar-refractivity contribution in [2.45, 2.75) is 179 Å². The molecule has 3 unspecified atom stereocenters. The summed E-state index contributed by atoms with van der Waals surface area (Å²) in [5, 5.41) is 56.0. The number of hydrogen-bond donors (Lipinski definition) is 5. The Morgan fingerprint density at radius 2 is 1.51 bits per heavy atom. The van der Waals surface area contributed by atoms with Gasteiger partial charge in [0.15, 0.2) is 6.29 Å². The van der Waals surface area contributed by atoms with Crippen molar-refractivity contribution in [2.24, 2.45) is 41.4 Å². The van der Waals surface area contributed by atoms with E-state index in [0.717, 1.165) is 0 Å². The molecule has 3 saturated heterocycles. The molecule has 0 amide bonds. The van der Waals surface area contributed by atoms with Crippen LogP contribution in [0.1, 0.15) is 101 Å². The van der Waals surface area contributed by atoms with Crippen LogP contribution in [-0.2, 0) is 42.8 Å². The van der Waals surface area contributed by atoms with E-state index in [2.05, 4.69) is 0 Å². The number of ketones is 1. The fraction of sp³-hybridized carbons (Fsp3) is 0.929. The van der Waals surface area contributed by atoms with E-state index in [-0.39, 0.29) is 37.1 Å². The van der Waals surface area contributed by atoms with Crippen molar-refractivity contribution in [1.82, 2.24) is 4.90 Å². The molecule has 15 nitrogen and oxygen atoms in total. The molecule has 330 valence electrons. The second kappa shape index (κ2) is 18.4. The number of esters is 1. The summed E-state index contributed by atoms with van der Waals surface area (Å²) in [7, 11) is 4.88. The van der Waals surface area contributed by atoms with Gasteiger partial charge in [0.05, 0.1) is 53.6 Å². The molecule has 0 bridgehead atoms. The molecular formula is C42H73NO14. The second-order valence-corrected chi connectivity index (χ2v) is 18.6. The Morgan fingerprint density at radius 3 is 2.05 bits per heavy atom. The highest BCUT2D eigenvalue weighted by Gasteiger charge is 2.56. The maximum atomic E-state index is 14.4. The van der Waals surface area contributed by atoms with Gasteiger partial charge in [-0.2, -0.15) is 0 Å². The molecule has 15 heteroatoms. The Kier molecular flexibility index (Phi) is 15.5. The monoisotopic (exact) mass is 816 g/mol. The maximum absolute atomic E-state index is 14.4. The van der Waals surface area contributed by atoms with Gasteiger partial charge in [-0.05, 0) is 79.2 Å². The molecule has 0 aromatic carbocycles. The van der Waals surface area contributed by atoms with Gasteiger partial charge in [-0.3, -0.25) is 14.4 Å². The minimum atomic E-state index is -1.97. The fourth-order valence-electron chi connectivity index (χ4n) is 10.3. The number of carboxylic acid groups (broad SMARTS) is 1. The lowest BCUT2D eigenvalue weighted by Crippen LogP contribution is -2.62. The number of carbonyl (C=O) groups is 3. The summed E-state index contributed by atoms with van der Waals surface area (Å²) in [6, 6.07) is -0.436. The quantitative estimate of drug-likeness (QED) is 0.201. The summed E-state index contributed by atoms with van der Waals surface area (Å²) in [4.78, 5) is 42.1. The van der Waals surface area contributed by atoms with Crippen LogP contribution in [0.15, 0.2) is 0 Å². The molecule has 57 heavy (non-hydrogen) atoms. The lowest BCUT2D eigenvalue weighted by Gasteiger charge is -2.52. The Bertz CT molecular complexity index is 1400. The number of carboxylic acids is 1. The number of rotatable bonds is 10. The zero-order valence-electron chi connectivity index (χ0n) is 36.4. The Balaban J connectivity index is 1.84. The minimum absolute atomic E-state index is 0.0271. The van der Waals surface area contributed by atoms with Gasteiger partial charge in [-0.15, -0.1) is 0 Å². The van der Waals surface area contributed by atoms with Crippen molar-refractivity contribution in [3.8, 4) is 0 Å². The third kappa shape index (κ3) is 9.89. The van der Waals surface area contributed by atoms with Gasteiger partial charge in [0.1, 0.15) is 29.7 Å². The van der Waals surface area contributed by atoms with E-state index >= 15 is 0 Å². The molecule has 0 aromatic heterocycles. The van der Waals surface area contributed by atoms with E-state index in [1.165, 1.54) is 21.1 Å². The SMILES string of the molecule is CC[C@H]1OC(=O)[C@H](C)[C@@H](C2C[C@@](C)(OC)[C@@H](O)[C@H](C)O2)[C@H](C)[C@@H](O[C@@H]2O[C@H](C)C[C@H](N(C)CC3CC3C(=O)O)[C@H]2O)[C@](C)(OC)C[C@@H](C)C(=O)[C@H](C)[C@@H](O)[C@]1(C)O. The number of carbonyl (C=O) groups excluding carboxylic acids is 2. The van der Waals surface area contributed by atoms with E-state index in [1.54, 1.807) is 41.5 Å². The van der Waals surface area contributed by atoms with E-state index in [0.29, 0.717) is 19.4 Å². The Morgan fingerprint density at radius 1 is 0.895 bits per heavy atom. The normalized spacial score (nSPS) is 49.3. The summed E-state index contributed by atoms with van der Waals surface area (Å²) in [6.07, 6.45) is -7.36. The van der Waals surface area contributed by atoms with Gasteiger partial charge < -0.3 is 58.9 Å². The van der Waals surface area contributed by atoms with Crippen LogP contribution < -0.4 is 0 Å². The van der Waals surface area contributed by atoms with E-state index in [9.17, 15) is 39.9 Å². The standard InChI is InChI=1S/C42H73NO14/c1-14-30-42(10,51)34(46)24(6)32(44)20(2)17-41(9,53-13)36(57-39-33(45)28(15-21(3)54-39)43(11)19-26-16-27(26)37(48)49)22(4)31(23(5)38(50)56-30)29-18-40(8,52-12)35(47)25(7)55-29/h20-31,33-36,39,45-47,51H,14-19H2,1-13H3,(H,48,49)/t20-,21-,22+,23-,24+,25+,26?,27?,28+,29?,30-,31+,33-,34-,35+,36-,39+,40-,41-,42-/m1/s1. The first kappa shape index (κ1) is 47.9. The lowest BCUT2D eigenvalue weighted by molar-refractivity contribution is -0.305. The first-order valence-corrected chi connectivity index (χ1v) is 20.9. The molecule has 0 aromatic rings. The molecule has 1 saturated carbocycles. The summed E-state index contributed by atoms with van der Waals surface area (Å²) in [5.74, 6) is -6.32. The molecule has 3 aliphatic heterocycles. The van der Waals surface area contributed by atoms with Gasteiger partial charge in [0, 0.05) is 51.0 Å². The maximum Gasteiger partial charge on any atom is 0.309 e. The van der Waals surface area contributed by atoms with Crippen LogP contribution >= 0.6 is 0 Å². The van der Waals surface area contributed by atoms with Gasteiger partial charge in [-0.1, -0.05) is 34.6 Å². The van der Waals surface area contributed by atoms with Crippen molar-refractivity contribution in [3.05, 3.63) is 0 Å². The van der Waals surface area contributed by atoms with Gasteiger partial charge in [-0.25, -0.2) is 0 Å². The van der Waals surface area contributed by atoms with Crippen LogP contribution in [0.3, 0.4) is 0 Å². The highest BCUT2D eigenvalue weighted by molar-refractivity contribution is 5.83. The minimum Gasteiger partial charge on any atom is -0.481 e. The number of Topliss-reactive ketones (excluding diaryl/α,β-unsaturated/α-hetero) is 1. The molecule has 1 aliphatic carbocycles. The van der Waals surface area contributed by atoms with Gasteiger partial charge >= 0.3 is 11.9 Å². The average molecular weight is 816 g/mol. The van der Waals surface area contributed by atoms with Gasteiger partial charge in [0.2, 0.25) is 0 Å².